The molecule has 2 aliphatic heterocycles. The van der Waals surface area contributed by atoms with E-state index < -0.39 is 17.3 Å². The maximum Gasteiger partial charge on any atom is 0.306 e. The molecule has 0 bridgehead atoms. The molecule has 182 valence electrons. The average Bonchev–Trinajstić information content (AvgIpc) is 3.07. The fourth-order valence-electron chi connectivity index (χ4n) is 5.44. The highest BCUT2D eigenvalue weighted by Crippen LogP contribution is 2.40. The van der Waals surface area contributed by atoms with Crippen molar-refractivity contribution in [2.45, 2.75) is 75.1 Å². The van der Waals surface area contributed by atoms with Gasteiger partial charge in [0, 0.05) is 11.6 Å². The van der Waals surface area contributed by atoms with Crippen molar-refractivity contribution in [2.24, 2.45) is 0 Å². The SMILES string of the molecule is C[C@@H]1CC2(COCC(=O)N2)C(COC2CCC(c3cccc(F)c3OCCC(=O)O)CC2)N1. The predicted molar refractivity (Wildman–Crippen MR) is 118 cm³/mol. The number of halogens is 1. The number of nitrogens with one attached hydrogen (secondary N) is 2. The summed E-state index contributed by atoms with van der Waals surface area (Å²) in [6.07, 6.45) is 4.09. The largest absolute Gasteiger partial charge is 0.490 e. The Labute approximate surface area is 193 Å². The third-order valence-electron chi connectivity index (χ3n) is 6.98. The Bertz CT molecular complexity index is 859. The number of ether oxygens (including phenoxy) is 3. The van der Waals surface area contributed by atoms with Crippen LogP contribution in [0.15, 0.2) is 18.2 Å². The summed E-state index contributed by atoms with van der Waals surface area (Å²) in [4.78, 5) is 22.7. The monoisotopic (exact) mass is 464 g/mol. The summed E-state index contributed by atoms with van der Waals surface area (Å²) in [6.45, 7) is 3.13. The molecule has 1 aliphatic carbocycles. The summed E-state index contributed by atoms with van der Waals surface area (Å²) in [5.41, 5.74) is 0.376. The van der Waals surface area contributed by atoms with E-state index in [1.165, 1.54) is 6.07 Å². The second kappa shape index (κ2) is 10.4. The van der Waals surface area contributed by atoms with E-state index in [2.05, 4.69) is 17.6 Å². The van der Waals surface area contributed by atoms with Crippen LogP contribution < -0.4 is 15.4 Å². The maximum atomic E-state index is 14.4. The van der Waals surface area contributed by atoms with E-state index in [1.54, 1.807) is 6.07 Å². The van der Waals surface area contributed by atoms with Gasteiger partial charge in [0.1, 0.15) is 6.61 Å². The van der Waals surface area contributed by atoms with E-state index in [9.17, 15) is 14.0 Å². The van der Waals surface area contributed by atoms with E-state index in [-0.39, 0.29) is 55.4 Å². The highest BCUT2D eigenvalue weighted by atomic mass is 19.1. The Balaban J connectivity index is 1.31. The van der Waals surface area contributed by atoms with Crippen LogP contribution in [-0.2, 0) is 19.1 Å². The van der Waals surface area contributed by atoms with Gasteiger partial charge >= 0.3 is 5.97 Å². The molecule has 0 radical (unpaired) electrons. The van der Waals surface area contributed by atoms with Gasteiger partial charge in [-0.2, -0.15) is 0 Å². The highest BCUT2D eigenvalue weighted by molar-refractivity contribution is 5.79. The van der Waals surface area contributed by atoms with Crippen molar-refractivity contribution < 1.29 is 33.3 Å². The van der Waals surface area contributed by atoms with Crippen LogP contribution in [0.3, 0.4) is 0 Å². The smallest absolute Gasteiger partial charge is 0.306 e. The van der Waals surface area contributed by atoms with Gasteiger partial charge in [-0.3, -0.25) is 9.59 Å². The molecule has 3 fully saturated rings. The summed E-state index contributed by atoms with van der Waals surface area (Å²) >= 11 is 0. The van der Waals surface area contributed by atoms with Gasteiger partial charge in [0.2, 0.25) is 5.91 Å². The van der Waals surface area contributed by atoms with Crippen molar-refractivity contribution in [3.05, 3.63) is 29.6 Å². The van der Waals surface area contributed by atoms with Crippen molar-refractivity contribution in [1.29, 1.82) is 0 Å². The van der Waals surface area contributed by atoms with Gasteiger partial charge in [-0.25, -0.2) is 4.39 Å². The van der Waals surface area contributed by atoms with Crippen LogP contribution in [0.2, 0.25) is 0 Å². The molecule has 0 aromatic heterocycles. The molecule has 2 heterocycles. The number of carboxylic acid groups (broad SMARTS) is 1. The van der Waals surface area contributed by atoms with Gasteiger partial charge in [-0.15, -0.1) is 0 Å². The van der Waals surface area contributed by atoms with Gasteiger partial charge in [0.05, 0.1) is 43.9 Å². The van der Waals surface area contributed by atoms with Gasteiger partial charge in [-0.1, -0.05) is 12.1 Å². The third kappa shape index (κ3) is 5.65. The van der Waals surface area contributed by atoms with Crippen LogP contribution in [0, 0.1) is 5.82 Å². The molecular weight excluding hydrogens is 431 g/mol. The van der Waals surface area contributed by atoms with Crippen LogP contribution in [0.1, 0.15) is 56.9 Å². The molecule has 1 spiro atoms. The fraction of sp³-hybridized carbons (Fsp3) is 0.667. The zero-order valence-corrected chi connectivity index (χ0v) is 19.0. The summed E-state index contributed by atoms with van der Waals surface area (Å²) in [7, 11) is 0. The standard InChI is InChI=1S/C24H33FN2O6/c1-15-11-24(14-31-13-21(28)27-24)20(26-15)12-33-17-7-5-16(6-8-17)18-3-2-4-19(25)23(18)32-10-9-22(29)30/h2-4,15-17,20,26H,5-14H2,1H3,(H,27,28)(H,29,30)/t15-,16?,17?,20?,24?/m1/s1. The second-order valence-corrected chi connectivity index (χ2v) is 9.48. The number of benzene rings is 1. The molecular formula is C24H33FN2O6. The molecule has 3 atom stereocenters. The molecule has 3 aliphatic rings. The maximum absolute atomic E-state index is 14.4. The normalized spacial score (nSPS) is 32.0. The van der Waals surface area contributed by atoms with Gasteiger partial charge < -0.3 is 30.0 Å². The van der Waals surface area contributed by atoms with E-state index in [0.29, 0.717) is 13.2 Å². The Morgan fingerprint density at radius 1 is 1.30 bits per heavy atom. The molecule has 1 aromatic rings. The fourth-order valence-corrected chi connectivity index (χ4v) is 5.44. The molecule has 2 saturated heterocycles. The Morgan fingerprint density at radius 2 is 2.09 bits per heavy atom. The summed E-state index contributed by atoms with van der Waals surface area (Å²) in [6, 6.07) is 5.14. The molecule has 9 heteroatoms. The first kappa shape index (κ1) is 23.9. The van der Waals surface area contributed by atoms with Gasteiger partial charge in [0.25, 0.3) is 0 Å². The number of amides is 1. The lowest BCUT2D eigenvalue weighted by molar-refractivity contribution is -0.138. The lowest BCUT2D eigenvalue weighted by Gasteiger charge is -2.39. The number of hydrogen-bond donors (Lipinski definition) is 3. The summed E-state index contributed by atoms with van der Waals surface area (Å²) in [5.74, 6) is -1.21. The first-order chi connectivity index (χ1) is 15.9. The molecule has 33 heavy (non-hydrogen) atoms. The second-order valence-electron chi connectivity index (χ2n) is 9.48. The molecule has 1 amide bonds. The molecule has 2 unspecified atom stereocenters. The lowest BCUT2D eigenvalue weighted by Crippen LogP contribution is -2.64. The first-order valence-electron chi connectivity index (χ1n) is 11.8. The van der Waals surface area contributed by atoms with Crippen LogP contribution >= 0.6 is 0 Å². The van der Waals surface area contributed by atoms with Crippen LogP contribution in [-0.4, -0.2) is 67.1 Å². The van der Waals surface area contributed by atoms with Gasteiger partial charge in [-0.05, 0) is 51.0 Å². The van der Waals surface area contributed by atoms with Crippen molar-refractivity contribution in [2.75, 3.05) is 26.4 Å². The first-order valence-corrected chi connectivity index (χ1v) is 11.8. The number of carbonyl (C=O) groups is 2. The summed E-state index contributed by atoms with van der Waals surface area (Å²) < 4.78 is 31.7. The van der Waals surface area contributed by atoms with E-state index in [0.717, 1.165) is 37.7 Å². The van der Waals surface area contributed by atoms with E-state index in [1.807, 2.05) is 6.07 Å². The molecule has 1 saturated carbocycles. The number of aliphatic carboxylic acids is 1. The van der Waals surface area contributed by atoms with Crippen LogP contribution in [0.5, 0.6) is 5.75 Å². The average molecular weight is 465 g/mol. The number of rotatable bonds is 8. The number of morpholine rings is 1. The topological polar surface area (TPSA) is 106 Å². The molecule has 3 N–H and O–H groups in total. The van der Waals surface area contributed by atoms with E-state index in [4.69, 9.17) is 19.3 Å². The molecule has 8 nitrogen and oxygen atoms in total. The molecule has 1 aromatic carbocycles. The lowest BCUT2D eigenvalue weighted by atomic mass is 9.82. The minimum Gasteiger partial charge on any atom is -0.490 e. The van der Waals surface area contributed by atoms with Crippen LogP contribution in [0.25, 0.3) is 0 Å². The number of para-hydroxylation sites is 1. The highest BCUT2D eigenvalue weighted by Gasteiger charge is 2.49. The van der Waals surface area contributed by atoms with Crippen LogP contribution in [0.4, 0.5) is 4.39 Å². The summed E-state index contributed by atoms with van der Waals surface area (Å²) in [5, 5.41) is 15.5. The van der Waals surface area contributed by atoms with E-state index >= 15 is 0 Å². The van der Waals surface area contributed by atoms with Gasteiger partial charge in [0.15, 0.2) is 11.6 Å². The van der Waals surface area contributed by atoms with Crippen molar-refractivity contribution in [3.63, 3.8) is 0 Å². The minimum atomic E-state index is -0.974. The zero-order valence-electron chi connectivity index (χ0n) is 19.0. The Hall–Kier alpha value is -2.23. The van der Waals surface area contributed by atoms with Crippen molar-refractivity contribution in [1.82, 2.24) is 10.6 Å². The number of carboxylic acids is 1. The predicted octanol–water partition coefficient (Wildman–Crippen LogP) is 2.36. The molecule has 4 rings (SSSR count). The zero-order chi connectivity index (χ0) is 23.4. The number of carbonyl (C=O) groups excluding carboxylic acids is 1. The number of hydrogen-bond acceptors (Lipinski definition) is 6. The Kier molecular flexibility index (Phi) is 7.51. The minimum absolute atomic E-state index is 0.00747. The van der Waals surface area contributed by atoms with Crippen molar-refractivity contribution >= 4 is 11.9 Å². The third-order valence-corrected chi connectivity index (χ3v) is 6.98. The Morgan fingerprint density at radius 3 is 2.82 bits per heavy atom. The quantitative estimate of drug-likeness (QED) is 0.542. The van der Waals surface area contributed by atoms with Crippen molar-refractivity contribution in [3.8, 4) is 5.75 Å².